The summed E-state index contributed by atoms with van der Waals surface area (Å²) in [4.78, 5) is 2.27. The van der Waals surface area contributed by atoms with Crippen molar-refractivity contribution in [1.29, 1.82) is 0 Å². The van der Waals surface area contributed by atoms with Crippen molar-refractivity contribution >= 4 is 0 Å². The third kappa shape index (κ3) is 6.85. The lowest BCUT2D eigenvalue weighted by Gasteiger charge is -2.32. The molecule has 1 saturated carbocycles. The number of rotatable bonds is 13. The molecule has 0 heterocycles. The van der Waals surface area contributed by atoms with E-state index < -0.39 is 0 Å². The molecule has 0 bridgehead atoms. The van der Waals surface area contributed by atoms with E-state index in [0.29, 0.717) is 17.8 Å². The zero-order chi connectivity index (χ0) is 20.7. The Hall–Kier alpha value is -0.380. The SMILES string of the molecule is CCCCC(C)(C)[C@H](O)CC[C@@H]1[C@H]2CC(CCCCCN(C)C)=C[C@H]2C[C@H]1O. The van der Waals surface area contributed by atoms with Gasteiger partial charge in [-0.1, -0.05) is 51.7 Å². The Kier molecular flexibility index (Phi) is 9.50. The minimum absolute atomic E-state index is 0.00931. The molecule has 0 unspecified atom stereocenters. The van der Waals surface area contributed by atoms with Gasteiger partial charge in [-0.3, -0.25) is 0 Å². The van der Waals surface area contributed by atoms with Crippen LogP contribution in [0, 0.1) is 23.2 Å². The van der Waals surface area contributed by atoms with E-state index in [-0.39, 0.29) is 17.6 Å². The van der Waals surface area contributed by atoms with Crippen molar-refractivity contribution in [2.75, 3.05) is 20.6 Å². The zero-order valence-corrected chi connectivity index (χ0v) is 19.3. The summed E-state index contributed by atoms with van der Waals surface area (Å²) in [5.74, 6) is 1.59. The molecule has 0 spiro atoms. The van der Waals surface area contributed by atoms with Gasteiger partial charge in [0.05, 0.1) is 12.2 Å². The molecule has 164 valence electrons. The Morgan fingerprint density at radius 3 is 2.61 bits per heavy atom. The summed E-state index contributed by atoms with van der Waals surface area (Å²) >= 11 is 0. The van der Waals surface area contributed by atoms with Crippen molar-refractivity contribution in [1.82, 2.24) is 4.90 Å². The van der Waals surface area contributed by atoms with Crippen molar-refractivity contribution in [3.8, 4) is 0 Å². The summed E-state index contributed by atoms with van der Waals surface area (Å²) in [5.41, 5.74) is 1.63. The summed E-state index contributed by atoms with van der Waals surface area (Å²) in [5, 5.41) is 21.4. The third-order valence-corrected chi connectivity index (χ3v) is 7.51. The third-order valence-electron chi connectivity index (χ3n) is 7.51. The van der Waals surface area contributed by atoms with Gasteiger partial charge < -0.3 is 15.1 Å². The van der Waals surface area contributed by atoms with Gasteiger partial charge in [-0.25, -0.2) is 0 Å². The Morgan fingerprint density at radius 1 is 1.18 bits per heavy atom. The largest absolute Gasteiger partial charge is 0.393 e. The fraction of sp³-hybridized carbons (Fsp3) is 0.920. The Balaban J connectivity index is 1.76. The summed E-state index contributed by atoms with van der Waals surface area (Å²) in [7, 11) is 4.29. The molecule has 3 nitrogen and oxygen atoms in total. The van der Waals surface area contributed by atoms with Crippen molar-refractivity contribution < 1.29 is 10.2 Å². The fourth-order valence-electron chi connectivity index (χ4n) is 5.49. The molecule has 2 rings (SSSR count). The molecule has 0 aliphatic heterocycles. The molecule has 0 amide bonds. The first-order valence-electron chi connectivity index (χ1n) is 11.9. The number of aliphatic hydroxyl groups is 2. The highest BCUT2D eigenvalue weighted by molar-refractivity contribution is 5.18. The zero-order valence-electron chi connectivity index (χ0n) is 19.3. The van der Waals surface area contributed by atoms with Gasteiger partial charge in [-0.15, -0.1) is 0 Å². The average molecular weight is 394 g/mol. The van der Waals surface area contributed by atoms with Gasteiger partial charge in [0.25, 0.3) is 0 Å². The monoisotopic (exact) mass is 393 g/mol. The van der Waals surface area contributed by atoms with Gasteiger partial charge in [-0.2, -0.15) is 0 Å². The maximum atomic E-state index is 10.8. The van der Waals surface area contributed by atoms with E-state index >= 15 is 0 Å². The Bertz CT molecular complexity index is 485. The van der Waals surface area contributed by atoms with E-state index in [1.807, 2.05) is 0 Å². The highest BCUT2D eigenvalue weighted by Gasteiger charge is 2.44. The maximum Gasteiger partial charge on any atom is 0.0591 e. The highest BCUT2D eigenvalue weighted by atomic mass is 16.3. The summed E-state index contributed by atoms with van der Waals surface area (Å²) in [6.45, 7) is 7.80. The van der Waals surface area contributed by atoms with Crippen LogP contribution in [-0.4, -0.2) is 48.0 Å². The first kappa shape index (κ1) is 23.9. The number of fused-ring (bicyclic) bond motifs is 1. The lowest BCUT2D eigenvalue weighted by molar-refractivity contribution is 0.0209. The van der Waals surface area contributed by atoms with Crippen LogP contribution in [-0.2, 0) is 0 Å². The second-order valence-corrected chi connectivity index (χ2v) is 10.6. The lowest BCUT2D eigenvalue weighted by atomic mass is 9.77. The minimum atomic E-state index is -0.254. The number of hydrogen-bond donors (Lipinski definition) is 2. The molecular formula is C25H47NO2. The predicted octanol–water partition coefficient (Wildman–Crippen LogP) is 5.41. The van der Waals surface area contributed by atoms with Crippen molar-refractivity contribution in [3.63, 3.8) is 0 Å². The van der Waals surface area contributed by atoms with Crippen LogP contribution in [0.1, 0.15) is 91.4 Å². The molecule has 2 aliphatic rings. The normalized spacial score (nSPS) is 28.6. The topological polar surface area (TPSA) is 43.7 Å². The van der Waals surface area contributed by atoms with E-state index in [0.717, 1.165) is 25.7 Å². The molecule has 0 aromatic heterocycles. The molecule has 2 N–H and O–H groups in total. The molecule has 0 saturated heterocycles. The molecule has 0 radical (unpaired) electrons. The molecule has 1 fully saturated rings. The van der Waals surface area contributed by atoms with Crippen molar-refractivity contribution in [3.05, 3.63) is 11.6 Å². The fourth-order valence-corrected chi connectivity index (χ4v) is 5.49. The Morgan fingerprint density at radius 2 is 1.93 bits per heavy atom. The maximum absolute atomic E-state index is 10.8. The van der Waals surface area contributed by atoms with Crippen molar-refractivity contribution in [2.24, 2.45) is 23.2 Å². The van der Waals surface area contributed by atoms with Crippen LogP contribution in [0.2, 0.25) is 0 Å². The first-order chi connectivity index (χ1) is 13.2. The smallest absolute Gasteiger partial charge is 0.0591 e. The number of aliphatic hydroxyl groups excluding tert-OH is 2. The minimum Gasteiger partial charge on any atom is -0.393 e. The molecule has 2 aliphatic carbocycles. The standard InChI is InChI=1S/C25H47NO2/c1-6-7-14-25(2,3)24(28)13-12-21-22-17-19(16-20(22)18-23(21)27)11-9-8-10-15-26(4)5/h16,20-24,27-28H,6-15,17-18H2,1-5H3/t20-,21+,22-,23+,24+/m0/s1. The van der Waals surface area contributed by atoms with E-state index in [1.54, 1.807) is 5.57 Å². The van der Waals surface area contributed by atoms with Gasteiger partial charge in [0.2, 0.25) is 0 Å². The van der Waals surface area contributed by atoms with Gasteiger partial charge in [0, 0.05) is 0 Å². The van der Waals surface area contributed by atoms with Crippen LogP contribution in [0.25, 0.3) is 0 Å². The summed E-state index contributed by atoms with van der Waals surface area (Å²) in [6, 6.07) is 0. The van der Waals surface area contributed by atoms with Gasteiger partial charge in [-0.05, 0) is 95.2 Å². The van der Waals surface area contributed by atoms with Crippen LogP contribution >= 0.6 is 0 Å². The van der Waals surface area contributed by atoms with Crippen LogP contribution in [0.3, 0.4) is 0 Å². The first-order valence-corrected chi connectivity index (χ1v) is 11.9. The van der Waals surface area contributed by atoms with Gasteiger partial charge in [0.15, 0.2) is 0 Å². The van der Waals surface area contributed by atoms with Crippen molar-refractivity contribution in [2.45, 2.75) is 104 Å². The van der Waals surface area contributed by atoms with Crippen LogP contribution < -0.4 is 0 Å². The van der Waals surface area contributed by atoms with Crippen LogP contribution in [0.4, 0.5) is 0 Å². The van der Waals surface area contributed by atoms with E-state index in [1.165, 1.54) is 51.5 Å². The van der Waals surface area contributed by atoms with E-state index in [2.05, 4.69) is 45.8 Å². The number of allylic oxidation sites excluding steroid dienone is 2. The molecule has 0 aromatic rings. The van der Waals surface area contributed by atoms with Crippen LogP contribution in [0.15, 0.2) is 11.6 Å². The van der Waals surface area contributed by atoms with E-state index in [4.69, 9.17) is 0 Å². The van der Waals surface area contributed by atoms with Crippen LogP contribution in [0.5, 0.6) is 0 Å². The Labute approximate surface area is 174 Å². The highest BCUT2D eigenvalue weighted by Crippen LogP contribution is 2.49. The molecule has 0 aromatic carbocycles. The second-order valence-electron chi connectivity index (χ2n) is 10.6. The number of nitrogens with zero attached hydrogens (tertiary/aromatic N) is 1. The molecule has 3 heteroatoms. The average Bonchev–Trinajstić information content (AvgIpc) is 3.13. The quantitative estimate of drug-likeness (QED) is 0.325. The lowest BCUT2D eigenvalue weighted by Crippen LogP contribution is -2.31. The summed E-state index contributed by atoms with van der Waals surface area (Å²) in [6.07, 6.45) is 14.6. The molecule has 5 atom stereocenters. The second kappa shape index (κ2) is 11.1. The number of hydrogen-bond acceptors (Lipinski definition) is 3. The predicted molar refractivity (Wildman–Crippen MR) is 119 cm³/mol. The molecule has 28 heavy (non-hydrogen) atoms. The van der Waals surface area contributed by atoms with E-state index in [9.17, 15) is 10.2 Å². The molecular weight excluding hydrogens is 346 g/mol. The van der Waals surface area contributed by atoms with Gasteiger partial charge >= 0.3 is 0 Å². The summed E-state index contributed by atoms with van der Waals surface area (Å²) < 4.78 is 0. The number of unbranched alkanes of at least 4 members (excludes halogenated alkanes) is 3. The van der Waals surface area contributed by atoms with Gasteiger partial charge in [0.1, 0.15) is 0 Å².